The summed E-state index contributed by atoms with van der Waals surface area (Å²) in [5.41, 5.74) is 3.61. The number of methoxy groups -OCH3 is 1. The lowest BCUT2D eigenvalue weighted by Gasteiger charge is -2.30. The minimum Gasteiger partial charge on any atom is -0.468 e. The van der Waals surface area contributed by atoms with Gasteiger partial charge in [-0.05, 0) is 36.6 Å². The molecule has 7 nitrogen and oxygen atoms in total. The second-order valence-electron chi connectivity index (χ2n) is 7.32. The third-order valence-electron chi connectivity index (χ3n) is 5.37. The highest BCUT2D eigenvalue weighted by Crippen LogP contribution is 2.40. The van der Waals surface area contributed by atoms with Crippen LogP contribution in [0.15, 0.2) is 59.1 Å². The fourth-order valence-corrected chi connectivity index (χ4v) is 4.40. The summed E-state index contributed by atoms with van der Waals surface area (Å²) in [6, 6.07) is 16.6. The van der Waals surface area contributed by atoms with Crippen LogP contribution in [-0.4, -0.2) is 30.6 Å². The number of anilines is 1. The van der Waals surface area contributed by atoms with Crippen molar-refractivity contribution < 1.29 is 19.1 Å². The van der Waals surface area contributed by atoms with E-state index in [1.807, 2.05) is 38.1 Å². The Morgan fingerprint density at radius 2 is 1.88 bits per heavy atom. The number of carbonyl (C=O) groups excluding carboxylic acids is 3. The second-order valence-corrected chi connectivity index (χ2v) is 8.30. The van der Waals surface area contributed by atoms with Gasteiger partial charge in [-0.1, -0.05) is 54.2 Å². The zero-order valence-electron chi connectivity index (χ0n) is 18.0. The zero-order valence-corrected chi connectivity index (χ0v) is 18.8. The van der Waals surface area contributed by atoms with Gasteiger partial charge >= 0.3 is 5.97 Å². The fourth-order valence-electron chi connectivity index (χ4n) is 3.55. The van der Waals surface area contributed by atoms with Crippen LogP contribution in [0.5, 0.6) is 0 Å². The number of benzene rings is 2. The average Bonchev–Trinajstić information content (AvgIpc) is 2.80. The molecule has 8 heteroatoms. The molecule has 2 N–H and O–H groups in total. The first-order chi connectivity index (χ1) is 15.4. The molecular formula is C24H23N3O4S. The van der Waals surface area contributed by atoms with Crippen molar-refractivity contribution in [2.24, 2.45) is 5.92 Å². The summed E-state index contributed by atoms with van der Waals surface area (Å²) in [6.45, 7) is 3.88. The largest absolute Gasteiger partial charge is 0.468 e. The van der Waals surface area contributed by atoms with Gasteiger partial charge in [0, 0.05) is 11.6 Å². The lowest BCUT2D eigenvalue weighted by Crippen LogP contribution is -2.44. The first-order valence-electron chi connectivity index (χ1n) is 9.94. The molecular weight excluding hydrogens is 426 g/mol. The first kappa shape index (κ1) is 23.1. The third-order valence-corrected chi connectivity index (χ3v) is 6.39. The van der Waals surface area contributed by atoms with Gasteiger partial charge in [-0.15, -0.1) is 0 Å². The van der Waals surface area contributed by atoms with Crippen molar-refractivity contribution >= 4 is 35.2 Å². The van der Waals surface area contributed by atoms with E-state index >= 15 is 0 Å². The van der Waals surface area contributed by atoms with Crippen molar-refractivity contribution in [1.82, 2.24) is 5.32 Å². The number of amides is 2. The molecule has 0 saturated carbocycles. The van der Waals surface area contributed by atoms with Crippen molar-refractivity contribution in [2.45, 2.75) is 19.8 Å². The van der Waals surface area contributed by atoms with E-state index in [1.54, 1.807) is 24.3 Å². The molecule has 0 spiro atoms. The maximum atomic E-state index is 12.8. The molecule has 0 radical (unpaired) electrons. The monoisotopic (exact) mass is 449 g/mol. The summed E-state index contributed by atoms with van der Waals surface area (Å²) < 4.78 is 4.82. The number of hydrogen-bond acceptors (Lipinski definition) is 6. The van der Waals surface area contributed by atoms with Crippen LogP contribution in [0.4, 0.5) is 5.69 Å². The molecule has 3 rings (SSSR count). The van der Waals surface area contributed by atoms with Gasteiger partial charge in [0.05, 0.1) is 29.5 Å². The van der Waals surface area contributed by atoms with Crippen molar-refractivity contribution in [2.75, 3.05) is 18.2 Å². The molecule has 0 aliphatic carbocycles. The molecule has 1 aliphatic rings. The molecule has 0 bridgehead atoms. The van der Waals surface area contributed by atoms with Gasteiger partial charge in [-0.25, -0.2) is 0 Å². The number of esters is 1. The number of carbonyl (C=O) groups is 3. The summed E-state index contributed by atoms with van der Waals surface area (Å²) in [4.78, 5) is 37.7. The molecule has 0 unspecified atom stereocenters. The molecule has 1 heterocycles. The minimum absolute atomic E-state index is 0.0153. The third kappa shape index (κ3) is 4.84. The number of ether oxygens (including phenoxy) is 1. The van der Waals surface area contributed by atoms with Crippen LogP contribution in [0, 0.1) is 31.1 Å². The molecule has 0 saturated heterocycles. The molecule has 0 aromatic heterocycles. The second kappa shape index (κ2) is 10.2. The fraction of sp³-hybridized carbons (Fsp3) is 0.250. The number of rotatable bonds is 6. The van der Waals surface area contributed by atoms with Gasteiger partial charge in [0.2, 0.25) is 11.8 Å². The molecule has 1 aliphatic heterocycles. The Hall–Kier alpha value is -3.57. The van der Waals surface area contributed by atoms with E-state index in [9.17, 15) is 19.6 Å². The van der Waals surface area contributed by atoms with E-state index in [0.717, 1.165) is 22.9 Å². The number of allylic oxidation sites excluding steroid dienone is 1. The Morgan fingerprint density at radius 3 is 2.53 bits per heavy atom. The Morgan fingerprint density at radius 1 is 1.16 bits per heavy atom. The zero-order chi connectivity index (χ0) is 23.3. The normalized spacial score (nSPS) is 17.9. The first-order valence-corrected chi connectivity index (χ1v) is 10.9. The van der Waals surface area contributed by atoms with Crippen molar-refractivity contribution in [1.29, 1.82) is 5.26 Å². The van der Waals surface area contributed by atoms with Gasteiger partial charge in [0.25, 0.3) is 0 Å². The lowest BCUT2D eigenvalue weighted by atomic mass is 9.78. The van der Waals surface area contributed by atoms with E-state index in [2.05, 4.69) is 16.7 Å². The van der Waals surface area contributed by atoms with Gasteiger partial charge in [-0.2, -0.15) is 5.26 Å². The SMILES string of the molecule is COC(=O)[C@H]1C(=O)NC(SCC(=O)Nc2cccc(C)c2C)=C(C#N)[C@H]1c1ccccc1. The smallest absolute Gasteiger partial charge is 0.319 e. The van der Waals surface area contributed by atoms with Crippen LogP contribution >= 0.6 is 11.8 Å². The maximum Gasteiger partial charge on any atom is 0.319 e. The molecule has 2 aromatic carbocycles. The minimum atomic E-state index is -1.19. The quantitative estimate of drug-likeness (QED) is 0.517. The van der Waals surface area contributed by atoms with Crippen LogP contribution in [0.25, 0.3) is 0 Å². The van der Waals surface area contributed by atoms with E-state index in [0.29, 0.717) is 11.3 Å². The van der Waals surface area contributed by atoms with Gasteiger partial charge in [0.15, 0.2) is 0 Å². The molecule has 32 heavy (non-hydrogen) atoms. The average molecular weight is 450 g/mol. The highest BCUT2D eigenvalue weighted by atomic mass is 32.2. The Bertz CT molecular complexity index is 1120. The van der Waals surface area contributed by atoms with Gasteiger partial charge in [-0.3, -0.25) is 14.4 Å². The number of nitrogens with one attached hydrogen (secondary N) is 2. The summed E-state index contributed by atoms with van der Waals surface area (Å²) in [7, 11) is 1.20. The molecule has 164 valence electrons. The maximum absolute atomic E-state index is 12.8. The molecule has 0 fully saturated rings. The topological polar surface area (TPSA) is 108 Å². The van der Waals surface area contributed by atoms with Crippen molar-refractivity contribution in [3.05, 3.63) is 75.8 Å². The van der Waals surface area contributed by atoms with Crippen LogP contribution in [-0.2, 0) is 19.1 Å². The standard InChI is InChI=1S/C24H23N3O4S/c1-14-8-7-11-18(15(14)2)26-19(28)13-32-23-17(12-25)20(16-9-5-4-6-10-16)21(22(29)27-23)24(30)31-3/h4-11,20-21H,13H2,1-3H3,(H,26,28)(H,27,29)/t20-,21-/m1/s1. The Balaban J connectivity index is 1.87. The lowest BCUT2D eigenvalue weighted by molar-refractivity contribution is -0.150. The number of nitriles is 1. The summed E-state index contributed by atoms with van der Waals surface area (Å²) in [5, 5.41) is 15.6. The molecule has 2 aromatic rings. The summed E-state index contributed by atoms with van der Waals surface area (Å²) >= 11 is 1.05. The van der Waals surface area contributed by atoms with Crippen molar-refractivity contribution in [3.8, 4) is 6.07 Å². The predicted molar refractivity (Wildman–Crippen MR) is 122 cm³/mol. The summed E-state index contributed by atoms with van der Waals surface area (Å²) in [5.74, 6) is -3.56. The number of hydrogen-bond donors (Lipinski definition) is 2. The van der Waals surface area contributed by atoms with Crippen LogP contribution in [0.2, 0.25) is 0 Å². The number of nitrogens with zero attached hydrogens (tertiary/aromatic N) is 1. The number of aryl methyl sites for hydroxylation is 1. The highest BCUT2D eigenvalue weighted by Gasteiger charge is 2.44. The molecule has 2 amide bonds. The van der Waals surface area contributed by atoms with Crippen LogP contribution in [0.3, 0.4) is 0 Å². The summed E-state index contributed by atoms with van der Waals surface area (Å²) in [6.07, 6.45) is 0. The molecule has 2 atom stereocenters. The Kier molecular flexibility index (Phi) is 7.33. The predicted octanol–water partition coefficient (Wildman–Crippen LogP) is 3.41. The Labute approximate surface area is 190 Å². The van der Waals surface area contributed by atoms with E-state index in [-0.39, 0.29) is 22.3 Å². The number of thioether (sulfide) groups is 1. The van der Waals surface area contributed by atoms with E-state index in [1.165, 1.54) is 7.11 Å². The van der Waals surface area contributed by atoms with Crippen LogP contribution in [0.1, 0.15) is 22.6 Å². The van der Waals surface area contributed by atoms with Crippen LogP contribution < -0.4 is 10.6 Å². The van der Waals surface area contributed by atoms with E-state index < -0.39 is 23.7 Å². The van der Waals surface area contributed by atoms with E-state index in [4.69, 9.17) is 4.74 Å². The highest BCUT2D eigenvalue weighted by molar-refractivity contribution is 8.03. The van der Waals surface area contributed by atoms with Crippen molar-refractivity contribution in [3.63, 3.8) is 0 Å². The van der Waals surface area contributed by atoms with Gasteiger partial charge in [0.1, 0.15) is 5.92 Å². The van der Waals surface area contributed by atoms with Gasteiger partial charge < -0.3 is 15.4 Å².